The third-order valence-corrected chi connectivity index (χ3v) is 6.51. The van der Waals surface area contributed by atoms with Crippen LogP contribution in [0.4, 0.5) is 30.4 Å². The van der Waals surface area contributed by atoms with Gasteiger partial charge < -0.3 is 25.4 Å². The number of aliphatic hydroxyl groups is 1. The molecule has 222 valence electrons. The zero-order chi connectivity index (χ0) is 29.6. The van der Waals surface area contributed by atoms with E-state index in [1.54, 1.807) is 49.7 Å². The lowest BCUT2D eigenvalue weighted by Gasteiger charge is -2.23. The first-order valence-electron chi connectivity index (χ1n) is 12.7. The van der Waals surface area contributed by atoms with Crippen LogP contribution in [0.25, 0.3) is 5.57 Å². The molecule has 0 bridgehead atoms. The predicted octanol–water partition coefficient (Wildman–Crippen LogP) is 5.09. The van der Waals surface area contributed by atoms with Gasteiger partial charge in [0.1, 0.15) is 11.9 Å². The molecule has 0 aliphatic carbocycles. The molecule has 12 heteroatoms. The third-order valence-electron chi connectivity index (χ3n) is 6.51. The number of nitrogens with zero attached hydrogens (tertiary/aromatic N) is 2. The molecule has 2 aromatic carbocycles. The SMILES string of the molecule is COCCN(C)c1ccc(C(=CC=CC(=O)Nc2cccc3c2CC(O)C(=O)N3)c2ccc(C(F)(F)F)cc2)cn1.Cl. The molecule has 0 fully saturated rings. The lowest BCUT2D eigenvalue weighted by Crippen LogP contribution is -2.34. The molecule has 0 saturated heterocycles. The minimum absolute atomic E-state index is 0. The first-order chi connectivity index (χ1) is 19.6. The number of likely N-dealkylation sites (N-methyl/N-ethyl adjacent to an activating group) is 1. The third kappa shape index (κ3) is 7.96. The number of nitrogens with one attached hydrogen (secondary N) is 2. The molecule has 2 heterocycles. The van der Waals surface area contributed by atoms with Gasteiger partial charge >= 0.3 is 6.18 Å². The molecule has 4 rings (SSSR count). The first kappa shape index (κ1) is 32.3. The molecule has 3 N–H and O–H groups in total. The van der Waals surface area contributed by atoms with Gasteiger partial charge in [0, 0.05) is 61.9 Å². The molecule has 1 unspecified atom stereocenters. The van der Waals surface area contributed by atoms with Crippen molar-refractivity contribution < 1.29 is 32.6 Å². The van der Waals surface area contributed by atoms with Crippen LogP contribution in [0.5, 0.6) is 0 Å². The number of aromatic nitrogens is 1. The number of allylic oxidation sites excluding steroid dienone is 2. The standard InChI is InChI=1S/C30H29F3N4O4.ClH/c1-37(15-16-41-2)27-14-11-20(18-34-27)22(19-9-12-21(13-10-19)30(31,32)33)5-3-8-28(39)35-24-6-4-7-25-23(24)17-26(38)29(40)36-25;/h3-14,18,26,38H,15-17H2,1-2H3,(H,35,39)(H,36,40);1H. The van der Waals surface area contributed by atoms with Gasteiger partial charge in [-0.1, -0.05) is 30.4 Å². The number of rotatable bonds is 9. The Hall–Kier alpha value is -4.19. The Balaban J connectivity index is 0.00000484. The van der Waals surface area contributed by atoms with Gasteiger partial charge in [0.05, 0.1) is 12.2 Å². The van der Waals surface area contributed by atoms with Gasteiger partial charge in [-0.25, -0.2) is 4.98 Å². The fraction of sp³-hybridized carbons (Fsp3) is 0.233. The van der Waals surface area contributed by atoms with Crippen molar-refractivity contribution in [3.63, 3.8) is 0 Å². The van der Waals surface area contributed by atoms with E-state index in [1.807, 2.05) is 11.9 Å². The van der Waals surface area contributed by atoms with E-state index in [1.165, 1.54) is 24.3 Å². The summed E-state index contributed by atoms with van der Waals surface area (Å²) in [7, 11) is 3.48. The number of methoxy groups -OCH3 is 1. The van der Waals surface area contributed by atoms with Crippen molar-refractivity contribution in [2.75, 3.05) is 42.8 Å². The zero-order valence-electron chi connectivity index (χ0n) is 22.8. The lowest BCUT2D eigenvalue weighted by atomic mass is 9.97. The number of hydrogen-bond acceptors (Lipinski definition) is 6. The monoisotopic (exact) mass is 602 g/mol. The number of carbonyl (C=O) groups is 2. The highest BCUT2D eigenvalue weighted by Crippen LogP contribution is 2.32. The largest absolute Gasteiger partial charge is 0.416 e. The molecule has 0 saturated carbocycles. The van der Waals surface area contributed by atoms with E-state index in [4.69, 9.17) is 4.74 Å². The molecule has 1 aliphatic heterocycles. The van der Waals surface area contributed by atoms with Gasteiger partial charge in [-0.05, 0) is 47.5 Å². The van der Waals surface area contributed by atoms with Crippen LogP contribution >= 0.6 is 12.4 Å². The normalized spacial score (nSPS) is 15.0. The molecule has 1 atom stereocenters. The maximum atomic E-state index is 13.1. The predicted molar refractivity (Wildman–Crippen MR) is 158 cm³/mol. The molecule has 8 nitrogen and oxygen atoms in total. The molecule has 0 spiro atoms. The fourth-order valence-corrected chi connectivity index (χ4v) is 4.26. The lowest BCUT2D eigenvalue weighted by molar-refractivity contribution is -0.137. The quantitative estimate of drug-likeness (QED) is 0.233. The highest BCUT2D eigenvalue weighted by Gasteiger charge is 2.30. The zero-order valence-corrected chi connectivity index (χ0v) is 23.6. The van der Waals surface area contributed by atoms with Gasteiger partial charge in [-0.3, -0.25) is 9.59 Å². The number of aliphatic hydroxyl groups excluding tert-OH is 1. The van der Waals surface area contributed by atoms with Crippen molar-refractivity contribution >= 4 is 47.0 Å². The number of ether oxygens (including phenoxy) is 1. The van der Waals surface area contributed by atoms with Crippen LogP contribution in [0.3, 0.4) is 0 Å². The Morgan fingerprint density at radius 2 is 1.88 bits per heavy atom. The van der Waals surface area contributed by atoms with Crippen molar-refractivity contribution in [2.24, 2.45) is 0 Å². The summed E-state index contributed by atoms with van der Waals surface area (Å²) >= 11 is 0. The highest BCUT2D eigenvalue weighted by molar-refractivity contribution is 6.03. The summed E-state index contributed by atoms with van der Waals surface area (Å²) in [6.07, 6.45) is 0.387. The van der Waals surface area contributed by atoms with Gasteiger partial charge in [0.2, 0.25) is 5.91 Å². The summed E-state index contributed by atoms with van der Waals surface area (Å²) in [6.45, 7) is 1.14. The highest BCUT2D eigenvalue weighted by atomic mass is 35.5. The molecule has 42 heavy (non-hydrogen) atoms. The summed E-state index contributed by atoms with van der Waals surface area (Å²) in [5.74, 6) is -0.285. The Morgan fingerprint density at radius 1 is 1.17 bits per heavy atom. The minimum Gasteiger partial charge on any atom is -0.383 e. The van der Waals surface area contributed by atoms with Crippen molar-refractivity contribution in [2.45, 2.75) is 18.7 Å². The van der Waals surface area contributed by atoms with Crippen LogP contribution in [0.2, 0.25) is 0 Å². The second-order valence-corrected chi connectivity index (χ2v) is 9.36. The fourth-order valence-electron chi connectivity index (χ4n) is 4.26. The molecule has 2 amide bonds. The van der Waals surface area contributed by atoms with E-state index in [2.05, 4.69) is 15.6 Å². The Kier molecular flexibility index (Phi) is 10.9. The number of halogens is 4. The molecule has 0 radical (unpaired) electrons. The average molecular weight is 603 g/mol. The molecular weight excluding hydrogens is 573 g/mol. The summed E-state index contributed by atoms with van der Waals surface area (Å²) in [4.78, 5) is 30.9. The van der Waals surface area contributed by atoms with E-state index in [-0.39, 0.29) is 18.8 Å². The van der Waals surface area contributed by atoms with Crippen LogP contribution in [0.15, 0.2) is 79.0 Å². The number of hydrogen-bond donors (Lipinski definition) is 3. The van der Waals surface area contributed by atoms with Gasteiger partial charge in [0.15, 0.2) is 0 Å². The van der Waals surface area contributed by atoms with E-state index >= 15 is 0 Å². The number of fused-ring (bicyclic) bond motifs is 1. The second-order valence-electron chi connectivity index (χ2n) is 9.36. The smallest absolute Gasteiger partial charge is 0.383 e. The van der Waals surface area contributed by atoms with E-state index < -0.39 is 29.7 Å². The maximum absolute atomic E-state index is 13.1. The number of anilines is 3. The number of amides is 2. The summed E-state index contributed by atoms with van der Waals surface area (Å²) in [6, 6.07) is 13.4. The number of benzene rings is 2. The summed E-state index contributed by atoms with van der Waals surface area (Å²) in [5, 5.41) is 15.3. The Labute approximate surface area is 247 Å². The van der Waals surface area contributed by atoms with Crippen LogP contribution in [-0.4, -0.2) is 55.3 Å². The molecule has 1 aliphatic rings. The van der Waals surface area contributed by atoms with Crippen LogP contribution in [-0.2, 0) is 26.9 Å². The average Bonchev–Trinajstić information content (AvgIpc) is 2.95. The topological polar surface area (TPSA) is 104 Å². The molecule has 1 aromatic heterocycles. The number of pyridine rings is 1. The van der Waals surface area contributed by atoms with E-state index in [0.717, 1.165) is 12.1 Å². The molecule has 3 aromatic rings. The van der Waals surface area contributed by atoms with Crippen molar-refractivity contribution in [1.82, 2.24) is 4.98 Å². The van der Waals surface area contributed by atoms with Crippen LogP contribution in [0.1, 0.15) is 22.3 Å². The van der Waals surface area contributed by atoms with Crippen LogP contribution < -0.4 is 15.5 Å². The van der Waals surface area contributed by atoms with E-state index in [9.17, 15) is 27.9 Å². The van der Waals surface area contributed by atoms with Crippen LogP contribution in [0, 0.1) is 0 Å². The van der Waals surface area contributed by atoms with Crippen molar-refractivity contribution in [3.8, 4) is 0 Å². The van der Waals surface area contributed by atoms with Gasteiger partial charge in [-0.2, -0.15) is 13.2 Å². The van der Waals surface area contributed by atoms with Crippen molar-refractivity contribution in [3.05, 3.63) is 101 Å². The Bertz CT molecular complexity index is 1460. The minimum atomic E-state index is -4.47. The number of carbonyl (C=O) groups excluding carboxylic acids is 2. The van der Waals surface area contributed by atoms with Gasteiger partial charge in [-0.15, -0.1) is 12.4 Å². The number of alkyl halides is 3. The van der Waals surface area contributed by atoms with Gasteiger partial charge in [0.25, 0.3) is 5.91 Å². The second kappa shape index (κ2) is 14.1. The summed E-state index contributed by atoms with van der Waals surface area (Å²) in [5.41, 5.74) is 2.49. The molecular formula is C30H30ClF3N4O4. The maximum Gasteiger partial charge on any atom is 0.416 e. The summed E-state index contributed by atoms with van der Waals surface area (Å²) < 4.78 is 44.5. The van der Waals surface area contributed by atoms with E-state index in [0.29, 0.717) is 52.6 Å². The Morgan fingerprint density at radius 3 is 2.52 bits per heavy atom. The first-order valence-corrected chi connectivity index (χ1v) is 12.7. The van der Waals surface area contributed by atoms with Crippen molar-refractivity contribution in [1.29, 1.82) is 0 Å².